The van der Waals surface area contributed by atoms with Crippen LogP contribution >= 0.6 is 11.3 Å². The molecule has 0 aliphatic carbocycles. The van der Waals surface area contributed by atoms with Crippen molar-refractivity contribution in [2.24, 2.45) is 0 Å². The van der Waals surface area contributed by atoms with Gasteiger partial charge in [0.25, 0.3) is 5.56 Å². The number of hydrogen-bond donors (Lipinski definition) is 2. The molecule has 0 bridgehead atoms. The Morgan fingerprint density at radius 3 is 2.57 bits per heavy atom. The largest absolute Gasteiger partial charge is 0.506 e. The Bertz CT molecular complexity index is 1040. The molecule has 0 saturated heterocycles. The second kappa shape index (κ2) is 5.37. The summed E-state index contributed by atoms with van der Waals surface area (Å²) in [7, 11) is 0. The van der Waals surface area contributed by atoms with Crippen molar-refractivity contribution in [3.05, 3.63) is 70.6 Å². The second-order valence-corrected chi connectivity index (χ2v) is 6.02. The van der Waals surface area contributed by atoms with Crippen molar-refractivity contribution in [1.82, 2.24) is 9.97 Å². The Balaban J connectivity index is 2.06. The highest BCUT2D eigenvalue weighted by Crippen LogP contribution is 2.41. The summed E-state index contributed by atoms with van der Waals surface area (Å²) >= 11 is 1.41. The standard InChI is InChI=1S/C18H12N2O2S/c21-16-14(12-7-4-8-19-9-12)17(22)20-18-15(16)13(10-23-18)11-5-2-1-3-6-11/h1-10H,(H2,20,21,22). The summed E-state index contributed by atoms with van der Waals surface area (Å²) in [4.78, 5) is 19.9. The zero-order valence-corrected chi connectivity index (χ0v) is 12.8. The van der Waals surface area contributed by atoms with Gasteiger partial charge in [-0.2, -0.15) is 0 Å². The Morgan fingerprint density at radius 2 is 1.83 bits per heavy atom. The third-order valence-electron chi connectivity index (χ3n) is 3.75. The van der Waals surface area contributed by atoms with Crippen LogP contribution < -0.4 is 5.56 Å². The van der Waals surface area contributed by atoms with Gasteiger partial charge in [0.15, 0.2) is 0 Å². The highest BCUT2D eigenvalue weighted by Gasteiger charge is 2.18. The lowest BCUT2D eigenvalue weighted by molar-refractivity contribution is 0.483. The summed E-state index contributed by atoms with van der Waals surface area (Å²) in [6, 6.07) is 13.3. The van der Waals surface area contributed by atoms with Crippen molar-refractivity contribution >= 4 is 21.6 Å². The molecule has 3 heterocycles. The number of nitrogens with zero attached hydrogens (tertiary/aromatic N) is 1. The molecule has 3 aromatic heterocycles. The quantitative estimate of drug-likeness (QED) is 0.586. The molecule has 4 aromatic rings. The van der Waals surface area contributed by atoms with E-state index in [2.05, 4.69) is 9.97 Å². The molecule has 4 nitrogen and oxygen atoms in total. The van der Waals surface area contributed by atoms with Crippen molar-refractivity contribution in [2.75, 3.05) is 0 Å². The van der Waals surface area contributed by atoms with Gasteiger partial charge in [0, 0.05) is 28.9 Å². The summed E-state index contributed by atoms with van der Waals surface area (Å²) in [6.07, 6.45) is 3.21. The van der Waals surface area contributed by atoms with E-state index in [1.165, 1.54) is 11.3 Å². The third-order valence-corrected chi connectivity index (χ3v) is 4.65. The van der Waals surface area contributed by atoms with Crippen molar-refractivity contribution in [3.8, 4) is 28.0 Å². The third kappa shape index (κ3) is 2.22. The molecule has 112 valence electrons. The topological polar surface area (TPSA) is 66.0 Å². The smallest absolute Gasteiger partial charge is 0.260 e. The molecule has 0 radical (unpaired) electrons. The van der Waals surface area contributed by atoms with Crippen molar-refractivity contribution in [3.63, 3.8) is 0 Å². The number of aromatic nitrogens is 2. The molecule has 4 rings (SSSR count). The first-order valence-electron chi connectivity index (χ1n) is 7.08. The molecule has 5 heteroatoms. The van der Waals surface area contributed by atoms with Gasteiger partial charge >= 0.3 is 0 Å². The number of rotatable bonds is 2. The van der Waals surface area contributed by atoms with Crippen LogP contribution in [0, 0.1) is 0 Å². The zero-order valence-electron chi connectivity index (χ0n) is 12.0. The Morgan fingerprint density at radius 1 is 1.04 bits per heavy atom. The van der Waals surface area contributed by atoms with Crippen LogP contribution in [0.1, 0.15) is 0 Å². The van der Waals surface area contributed by atoms with E-state index in [0.717, 1.165) is 11.1 Å². The minimum atomic E-state index is -0.315. The predicted molar refractivity (Wildman–Crippen MR) is 92.8 cm³/mol. The van der Waals surface area contributed by atoms with Crippen molar-refractivity contribution in [1.29, 1.82) is 0 Å². The van der Waals surface area contributed by atoms with Gasteiger partial charge in [0.2, 0.25) is 0 Å². The van der Waals surface area contributed by atoms with E-state index in [0.29, 0.717) is 15.8 Å². The molecular formula is C18H12N2O2S. The first-order valence-corrected chi connectivity index (χ1v) is 7.96. The monoisotopic (exact) mass is 320 g/mol. The van der Waals surface area contributed by atoms with Gasteiger partial charge in [0.1, 0.15) is 10.6 Å². The molecule has 0 saturated carbocycles. The molecule has 1 aromatic carbocycles. The van der Waals surface area contributed by atoms with Crippen LogP contribution in [0.5, 0.6) is 5.75 Å². The van der Waals surface area contributed by atoms with Crippen LogP contribution in [-0.4, -0.2) is 15.1 Å². The number of H-pyrrole nitrogens is 1. The van der Waals surface area contributed by atoms with Crippen LogP contribution in [0.15, 0.2) is 65.0 Å². The molecule has 0 unspecified atom stereocenters. The predicted octanol–water partition coefficient (Wildman–Crippen LogP) is 4.02. The second-order valence-electron chi connectivity index (χ2n) is 5.14. The van der Waals surface area contributed by atoms with Gasteiger partial charge < -0.3 is 10.1 Å². The van der Waals surface area contributed by atoms with Gasteiger partial charge in [0.05, 0.1) is 10.9 Å². The maximum atomic E-state index is 12.4. The fraction of sp³-hybridized carbons (Fsp3) is 0. The lowest BCUT2D eigenvalue weighted by Gasteiger charge is -2.07. The summed E-state index contributed by atoms with van der Waals surface area (Å²) < 4.78 is 0. The number of aromatic amines is 1. The van der Waals surface area contributed by atoms with E-state index in [-0.39, 0.29) is 16.9 Å². The first kappa shape index (κ1) is 13.7. The van der Waals surface area contributed by atoms with Crippen LogP contribution in [0.2, 0.25) is 0 Å². The summed E-state index contributed by atoms with van der Waals surface area (Å²) in [6.45, 7) is 0. The van der Waals surface area contributed by atoms with E-state index >= 15 is 0 Å². The van der Waals surface area contributed by atoms with Gasteiger partial charge in [-0.3, -0.25) is 9.78 Å². The highest BCUT2D eigenvalue weighted by molar-refractivity contribution is 7.17. The minimum absolute atomic E-state index is 0.00291. The van der Waals surface area contributed by atoms with Gasteiger partial charge in [-0.05, 0) is 11.6 Å². The lowest BCUT2D eigenvalue weighted by atomic mass is 10.0. The lowest BCUT2D eigenvalue weighted by Crippen LogP contribution is -2.08. The number of pyridine rings is 2. The fourth-order valence-corrected chi connectivity index (χ4v) is 3.66. The van der Waals surface area contributed by atoms with Crippen LogP contribution in [0.25, 0.3) is 32.5 Å². The fourth-order valence-electron chi connectivity index (χ4n) is 2.69. The molecule has 0 spiro atoms. The number of benzene rings is 1. The van der Waals surface area contributed by atoms with Crippen LogP contribution in [0.3, 0.4) is 0 Å². The Kier molecular flexibility index (Phi) is 3.20. The average Bonchev–Trinajstić information content (AvgIpc) is 3.00. The molecular weight excluding hydrogens is 308 g/mol. The van der Waals surface area contributed by atoms with Gasteiger partial charge in [-0.25, -0.2) is 0 Å². The molecule has 2 N–H and O–H groups in total. The van der Waals surface area contributed by atoms with E-state index in [4.69, 9.17) is 0 Å². The summed E-state index contributed by atoms with van der Waals surface area (Å²) in [5.74, 6) is -0.00291. The maximum absolute atomic E-state index is 12.4. The minimum Gasteiger partial charge on any atom is -0.506 e. The number of aromatic hydroxyl groups is 1. The van der Waals surface area contributed by atoms with Gasteiger partial charge in [-0.1, -0.05) is 36.4 Å². The van der Waals surface area contributed by atoms with E-state index < -0.39 is 0 Å². The maximum Gasteiger partial charge on any atom is 0.260 e. The van der Waals surface area contributed by atoms with E-state index in [1.54, 1.807) is 24.5 Å². The van der Waals surface area contributed by atoms with Gasteiger partial charge in [-0.15, -0.1) is 11.3 Å². The number of nitrogens with one attached hydrogen (secondary N) is 1. The molecule has 0 aliphatic rings. The average molecular weight is 320 g/mol. The number of hydrogen-bond acceptors (Lipinski definition) is 4. The van der Waals surface area contributed by atoms with Crippen LogP contribution in [-0.2, 0) is 0 Å². The van der Waals surface area contributed by atoms with Crippen molar-refractivity contribution < 1.29 is 5.11 Å². The SMILES string of the molecule is O=c1[nH]c2scc(-c3ccccc3)c2c(O)c1-c1cccnc1. The van der Waals surface area contributed by atoms with E-state index in [9.17, 15) is 9.90 Å². The Hall–Kier alpha value is -2.92. The number of fused-ring (bicyclic) bond motifs is 1. The Labute approximate surface area is 135 Å². The molecule has 0 atom stereocenters. The number of thiophene rings is 1. The molecule has 0 amide bonds. The first-order chi connectivity index (χ1) is 11.3. The molecule has 0 aliphatic heterocycles. The summed E-state index contributed by atoms with van der Waals surface area (Å²) in [5, 5.41) is 13.4. The zero-order chi connectivity index (χ0) is 15.8. The normalized spacial score (nSPS) is 11.0. The highest BCUT2D eigenvalue weighted by atomic mass is 32.1. The van der Waals surface area contributed by atoms with E-state index in [1.807, 2.05) is 35.7 Å². The molecule has 0 fully saturated rings. The summed E-state index contributed by atoms with van der Waals surface area (Å²) in [5.41, 5.74) is 2.44. The molecule has 23 heavy (non-hydrogen) atoms. The van der Waals surface area contributed by atoms with Crippen molar-refractivity contribution in [2.45, 2.75) is 0 Å². The van der Waals surface area contributed by atoms with Crippen LogP contribution in [0.4, 0.5) is 0 Å².